The molecular weight excluding hydrogens is 536 g/mol. The Bertz CT molecular complexity index is 1490. The number of aliphatic hydroxyl groups excluding tert-OH is 2. The van der Waals surface area contributed by atoms with E-state index in [1.54, 1.807) is 0 Å². The Balaban J connectivity index is 1.49. The lowest BCUT2D eigenvalue weighted by molar-refractivity contribution is 0.0148. The average molecular weight is 575 g/mol. The third kappa shape index (κ3) is 6.02. The largest absolute Gasteiger partial charge is 0.478 e. The highest BCUT2D eigenvalue weighted by Gasteiger charge is 2.43. The number of aryl methyl sites for hydroxylation is 2. The van der Waals surface area contributed by atoms with Crippen molar-refractivity contribution in [2.24, 2.45) is 11.8 Å². The van der Waals surface area contributed by atoms with Crippen LogP contribution in [-0.4, -0.2) is 89.1 Å². The Morgan fingerprint density at radius 2 is 1.88 bits per heavy atom. The molecule has 40 heavy (non-hydrogen) atoms. The van der Waals surface area contributed by atoms with E-state index in [2.05, 4.69) is 15.6 Å². The van der Waals surface area contributed by atoms with Crippen LogP contribution in [0.1, 0.15) is 37.6 Å². The zero-order valence-corrected chi connectivity index (χ0v) is 24.3. The molecular formula is C27H38N6O6S. The van der Waals surface area contributed by atoms with Crippen molar-refractivity contribution in [2.75, 3.05) is 43.6 Å². The lowest BCUT2D eigenvalue weighted by Crippen LogP contribution is -2.38. The summed E-state index contributed by atoms with van der Waals surface area (Å²) in [6, 6.07) is 3.15. The maximum atomic E-state index is 11.9. The smallest absolute Gasteiger partial charge is 0.224 e. The highest BCUT2D eigenvalue weighted by Crippen LogP contribution is 2.38. The van der Waals surface area contributed by atoms with Gasteiger partial charge in [0.25, 0.3) is 0 Å². The van der Waals surface area contributed by atoms with E-state index in [4.69, 9.17) is 19.1 Å². The first-order chi connectivity index (χ1) is 18.9. The highest BCUT2D eigenvalue weighted by molar-refractivity contribution is 7.88. The fourth-order valence-electron chi connectivity index (χ4n) is 5.22. The molecule has 5 rings (SSSR count). The molecule has 12 nitrogen and oxygen atoms in total. The Hall–Kier alpha value is -3.00. The van der Waals surface area contributed by atoms with Gasteiger partial charge in [-0.05, 0) is 52.0 Å². The van der Waals surface area contributed by atoms with Gasteiger partial charge < -0.3 is 30.0 Å². The zero-order valence-electron chi connectivity index (χ0n) is 23.5. The molecule has 0 spiro atoms. The number of ether oxygens (including phenoxy) is 1. The van der Waals surface area contributed by atoms with Gasteiger partial charge in [0.2, 0.25) is 21.9 Å². The molecule has 3 aromatic rings. The van der Waals surface area contributed by atoms with Crippen LogP contribution in [0.5, 0.6) is 5.88 Å². The van der Waals surface area contributed by atoms with Gasteiger partial charge in [0, 0.05) is 37.5 Å². The van der Waals surface area contributed by atoms with Crippen molar-refractivity contribution in [1.82, 2.24) is 19.3 Å². The van der Waals surface area contributed by atoms with Crippen molar-refractivity contribution in [3.8, 4) is 17.2 Å². The van der Waals surface area contributed by atoms with Crippen LogP contribution in [0.3, 0.4) is 0 Å². The number of rotatable bonds is 11. The molecule has 3 heterocycles. The summed E-state index contributed by atoms with van der Waals surface area (Å²) >= 11 is 0. The van der Waals surface area contributed by atoms with Crippen molar-refractivity contribution in [3.05, 3.63) is 23.5 Å². The molecule has 0 amide bonds. The first-order valence-corrected chi connectivity index (χ1v) is 15.5. The van der Waals surface area contributed by atoms with Gasteiger partial charge in [0.15, 0.2) is 5.58 Å². The number of fused-ring (bicyclic) bond motifs is 1. The predicted octanol–water partition coefficient (Wildman–Crippen LogP) is 2.54. The van der Waals surface area contributed by atoms with Crippen LogP contribution in [0.4, 0.5) is 11.8 Å². The summed E-state index contributed by atoms with van der Waals surface area (Å²) in [6.45, 7) is 7.00. The Labute approximate surface area is 234 Å². The van der Waals surface area contributed by atoms with E-state index in [-0.39, 0.29) is 6.54 Å². The quantitative estimate of drug-likeness (QED) is 0.266. The van der Waals surface area contributed by atoms with E-state index in [1.165, 1.54) is 24.2 Å². The Kier molecular flexibility index (Phi) is 7.92. The molecule has 2 fully saturated rings. The summed E-state index contributed by atoms with van der Waals surface area (Å²) < 4.78 is 37.0. The number of hydrogen-bond donors (Lipinski definition) is 4. The van der Waals surface area contributed by atoms with E-state index < -0.39 is 34.2 Å². The minimum Gasteiger partial charge on any atom is -0.478 e. The number of sulfonamides is 1. The second kappa shape index (κ2) is 11.1. The molecule has 4 atom stereocenters. The summed E-state index contributed by atoms with van der Waals surface area (Å²) in [4.78, 5) is 13.9. The minimum atomic E-state index is -3.43. The standard InChI is InChI=1S/C27H38N6O6S/c1-6-38-21-11-17-10-20(39-25(17)15(3)29-21)22-14(2)30-27(28-12-16-7-8-16)32-26(22)31-19-9-18(23(34)24(19)35)13-33(4)40(5,36)37/h10-11,16,18-19,23-24,34-35H,6-9,12-13H2,1-5H3,(H2,28,30,31,32)/t18-,19-,23-,24+/m1/s1. The van der Waals surface area contributed by atoms with E-state index in [0.29, 0.717) is 64.9 Å². The van der Waals surface area contributed by atoms with Gasteiger partial charge in [-0.1, -0.05) is 0 Å². The van der Waals surface area contributed by atoms with Crippen molar-refractivity contribution in [3.63, 3.8) is 0 Å². The number of nitrogens with zero attached hydrogens (tertiary/aromatic N) is 4. The van der Waals surface area contributed by atoms with Crippen molar-refractivity contribution in [1.29, 1.82) is 0 Å². The third-order valence-electron chi connectivity index (χ3n) is 7.70. The summed E-state index contributed by atoms with van der Waals surface area (Å²) in [6.07, 6.45) is 1.60. The average Bonchev–Trinajstić information content (AvgIpc) is 3.56. The van der Waals surface area contributed by atoms with Gasteiger partial charge in [0.05, 0.1) is 42.0 Å². The topological polar surface area (TPSA) is 163 Å². The molecule has 0 radical (unpaired) electrons. The van der Waals surface area contributed by atoms with Crippen LogP contribution in [-0.2, 0) is 10.0 Å². The van der Waals surface area contributed by atoms with Gasteiger partial charge >= 0.3 is 0 Å². The molecule has 0 saturated heterocycles. The molecule has 2 aliphatic rings. The molecule has 0 aromatic carbocycles. The first-order valence-electron chi connectivity index (χ1n) is 13.7. The molecule has 13 heteroatoms. The molecule has 4 N–H and O–H groups in total. The first kappa shape index (κ1) is 28.5. The number of aromatic nitrogens is 3. The van der Waals surface area contributed by atoms with Crippen LogP contribution >= 0.6 is 0 Å². The number of hydrogen-bond acceptors (Lipinski definition) is 11. The Morgan fingerprint density at radius 1 is 1.12 bits per heavy atom. The minimum absolute atomic E-state index is 0.0944. The molecule has 2 aliphatic carbocycles. The van der Waals surface area contributed by atoms with E-state index in [1.807, 2.05) is 32.9 Å². The van der Waals surface area contributed by atoms with Gasteiger partial charge in [-0.2, -0.15) is 4.98 Å². The van der Waals surface area contributed by atoms with Crippen LogP contribution in [0.2, 0.25) is 0 Å². The lowest BCUT2D eigenvalue weighted by atomic mass is 10.1. The van der Waals surface area contributed by atoms with Crippen molar-refractivity contribution >= 4 is 32.8 Å². The maximum Gasteiger partial charge on any atom is 0.224 e. The molecule has 218 valence electrons. The number of anilines is 2. The van der Waals surface area contributed by atoms with Crippen LogP contribution < -0.4 is 15.4 Å². The molecule has 0 aliphatic heterocycles. The summed E-state index contributed by atoms with van der Waals surface area (Å²) in [5.41, 5.74) is 2.62. The lowest BCUT2D eigenvalue weighted by Gasteiger charge is -2.21. The van der Waals surface area contributed by atoms with E-state index in [9.17, 15) is 18.6 Å². The van der Waals surface area contributed by atoms with Crippen LogP contribution in [0.15, 0.2) is 16.5 Å². The van der Waals surface area contributed by atoms with E-state index >= 15 is 0 Å². The molecule has 3 aromatic heterocycles. The fourth-order valence-corrected chi connectivity index (χ4v) is 5.68. The number of nitrogens with one attached hydrogen (secondary N) is 2. The van der Waals surface area contributed by atoms with Gasteiger partial charge in [0.1, 0.15) is 17.7 Å². The van der Waals surface area contributed by atoms with Crippen LogP contribution in [0, 0.1) is 25.7 Å². The zero-order chi connectivity index (χ0) is 28.8. The fraction of sp³-hybridized carbons (Fsp3) is 0.593. The molecule has 2 saturated carbocycles. The van der Waals surface area contributed by atoms with Gasteiger partial charge in [-0.3, -0.25) is 0 Å². The molecule has 0 bridgehead atoms. The van der Waals surface area contributed by atoms with E-state index in [0.717, 1.165) is 18.2 Å². The van der Waals surface area contributed by atoms with Crippen molar-refractivity contribution < 1.29 is 27.8 Å². The second-order valence-electron chi connectivity index (χ2n) is 11.0. The summed E-state index contributed by atoms with van der Waals surface area (Å²) in [5.74, 6) is 2.12. The number of furan rings is 1. The molecule has 0 unspecified atom stereocenters. The number of aliphatic hydroxyl groups is 2. The van der Waals surface area contributed by atoms with Crippen molar-refractivity contribution in [2.45, 2.75) is 58.3 Å². The predicted molar refractivity (Wildman–Crippen MR) is 152 cm³/mol. The summed E-state index contributed by atoms with van der Waals surface area (Å²) in [7, 11) is -1.96. The number of pyridine rings is 1. The normalized spacial score (nSPS) is 23.2. The van der Waals surface area contributed by atoms with Gasteiger partial charge in [-0.25, -0.2) is 22.7 Å². The highest BCUT2D eigenvalue weighted by atomic mass is 32.2. The summed E-state index contributed by atoms with van der Waals surface area (Å²) in [5, 5.41) is 29.2. The van der Waals surface area contributed by atoms with Crippen LogP contribution in [0.25, 0.3) is 22.3 Å². The monoisotopic (exact) mass is 574 g/mol. The SMILES string of the molecule is CCOc1cc2cc(-c3c(C)nc(NCC4CC4)nc3N[C@@H]3C[C@H](CN(C)S(C)(=O)=O)[C@@H](O)[C@H]3O)oc2c(C)n1. The van der Waals surface area contributed by atoms with Gasteiger partial charge in [-0.15, -0.1) is 0 Å². The third-order valence-corrected chi connectivity index (χ3v) is 8.98. The Morgan fingerprint density at radius 3 is 2.55 bits per heavy atom. The maximum absolute atomic E-state index is 11.9. The second-order valence-corrected chi connectivity index (χ2v) is 13.0.